The van der Waals surface area contributed by atoms with E-state index in [0.717, 1.165) is 25.1 Å². The lowest BCUT2D eigenvalue weighted by molar-refractivity contribution is -0.141. The molecule has 0 saturated carbocycles. The molecule has 1 aromatic rings. The first-order chi connectivity index (χ1) is 7.72. The number of hydrogen-bond donors (Lipinski definition) is 0. The van der Waals surface area contributed by atoms with Gasteiger partial charge in [0, 0.05) is 12.2 Å². The van der Waals surface area contributed by atoms with Crippen LogP contribution in [0.1, 0.15) is 18.4 Å². The molecule has 0 aliphatic carbocycles. The summed E-state index contributed by atoms with van der Waals surface area (Å²) in [6, 6.07) is 8.14. The van der Waals surface area contributed by atoms with Crippen LogP contribution in [-0.4, -0.2) is 25.7 Å². The number of aryl methyl sites for hydroxylation is 1. The molecule has 16 heavy (non-hydrogen) atoms. The standard InChI is InChI=1S/C13H17NO2/c1-10-5-3-6-11(9-10)14-8-4-7-12(14)13(15)16-2/h3,5-6,9,12H,4,7-8H2,1-2H3/t12-/m0/s1. The molecule has 1 heterocycles. The molecule has 1 fully saturated rings. The molecule has 0 amide bonds. The zero-order chi connectivity index (χ0) is 11.5. The predicted molar refractivity (Wildman–Crippen MR) is 63.6 cm³/mol. The number of carbonyl (C=O) groups is 1. The molecule has 1 aliphatic heterocycles. The fourth-order valence-electron chi connectivity index (χ4n) is 2.26. The first-order valence-electron chi connectivity index (χ1n) is 5.63. The molecule has 0 bridgehead atoms. The van der Waals surface area contributed by atoms with E-state index in [4.69, 9.17) is 4.74 Å². The fraction of sp³-hybridized carbons (Fsp3) is 0.462. The van der Waals surface area contributed by atoms with Gasteiger partial charge in [-0.15, -0.1) is 0 Å². The Balaban J connectivity index is 2.23. The molecule has 0 aromatic heterocycles. The van der Waals surface area contributed by atoms with Gasteiger partial charge in [-0.3, -0.25) is 0 Å². The normalized spacial score (nSPS) is 19.9. The Morgan fingerprint density at radius 1 is 1.50 bits per heavy atom. The average molecular weight is 219 g/mol. The van der Waals surface area contributed by atoms with Crippen LogP contribution in [0.5, 0.6) is 0 Å². The molecule has 1 aliphatic rings. The van der Waals surface area contributed by atoms with Crippen molar-refractivity contribution >= 4 is 11.7 Å². The second-order valence-corrected chi connectivity index (χ2v) is 4.21. The lowest BCUT2D eigenvalue weighted by Crippen LogP contribution is -2.36. The summed E-state index contributed by atoms with van der Waals surface area (Å²) in [5.41, 5.74) is 2.33. The number of rotatable bonds is 2. The van der Waals surface area contributed by atoms with E-state index in [2.05, 4.69) is 24.0 Å². The van der Waals surface area contributed by atoms with Crippen molar-refractivity contribution in [1.29, 1.82) is 0 Å². The molecular weight excluding hydrogens is 202 g/mol. The maximum Gasteiger partial charge on any atom is 0.328 e. The van der Waals surface area contributed by atoms with Crippen LogP contribution >= 0.6 is 0 Å². The third kappa shape index (κ3) is 2.03. The summed E-state index contributed by atoms with van der Waals surface area (Å²) in [4.78, 5) is 13.8. The Morgan fingerprint density at radius 3 is 3.00 bits per heavy atom. The van der Waals surface area contributed by atoms with Gasteiger partial charge in [0.2, 0.25) is 0 Å². The number of methoxy groups -OCH3 is 1. The number of carbonyl (C=O) groups excluding carboxylic acids is 1. The van der Waals surface area contributed by atoms with Crippen molar-refractivity contribution in [2.24, 2.45) is 0 Å². The van der Waals surface area contributed by atoms with E-state index >= 15 is 0 Å². The summed E-state index contributed by atoms with van der Waals surface area (Å²) in [6.45, 7) is 3.00. The third-order valence-corrected chi connectivity index (χ3v) is 3.06. The average Bonchev–Trinajstić information content (AvgIpc) is 2.77. The fourth-order valence-corrected chi connectivity index (χ4v) is 2.26. The molecule has 0 unspecified atom stereocenters. The van der Waals surface area contributed by atoms with Gasteiger partial charge in [-0.2, -0.15) is 0 Å². The Morgan fingerprint density at radius 2 is 2.31 bits per heavy atom. The van der Waals surface area contributed by atoms with E-state index in [-0.39, 0.29) is 12.0 Å². The van der Waals surface area contributed by atoms with E-state index < -0.39 is 0 Å². The Labute approximate surface area is 96.0 Å². The van der Waals surface area contributed by atoms with Crippen LogP contribution in [-0.2, 0) is 9.53 Å². The van der Waals surface area contributed by atoms with Crippen molar-refractivity contribution < 1.29 is 9.53 Å². The second-order valence-electron chi connectivity index (χ2n) is 4.21. The van der Waals surface area contributed by atoms with Crippen LogP contribution in [0.15, 0.2) is 24.3 Å². The number of nitrogens with zero attached hydrogens (tertiary/aromatic N) is 1. The van der Waals surface area contributed by atoms with Crippen molar-refractivity contribution in [3.63, 3.8) is 0 Å². The lowest BCUT2D eigenvalue weighted by atomic mass is 10.2. The molecule has 2 rings (SSSR count). The summed E-state index contributed by atoms with van der Waals surface area (Å²) >= 11 is 0. The minimum Gasteiger partial charge on any atom is -0.467 e. The number of esters is 1. The van der Waals surface area contributed by atoms with Crippen molar-refractivity contribution in [2.75, 3.05) is 18.6 Å². The third-order valence-electron chi connectivity index (χ3n) is 3.06. The van der Waals surface area contributed by atoms with Crippen LogP contribution in [0.4, 0.5) is 5.69 Å². The smallest absolute Gasteiger partial charge is 0.328 e. The van der Waals surface area contributed by atoms with Gasteiger partial charge in [-0.1, -0.05) is 12.1 Å². The maximum atomic E-state index is 11.6. The highest BCUT2D eigenvalue weighted by molar-refractivity contribution is 5.80. The van der Waals surface area contributed by atoms with E-state index in [9.17, 15) is 4.79 Å². The van der Waals surface area contributed by atoms with Crippen molar-refractivity contribution in [3.05, 3.63) is 29.8 Å². The monoisotopic (exact) mass is 219 g/mol. The lowest BCUT2D eigenvalue weighted by Gasteiger charge is -2.25. The second kappa shape index (κ2) is 4.56. The van der Waals surface area contributed by atoms with Gasteiger partial charge in [0.15, 0.2) is 0 Å². The number of ether oxygens (including phenoxy) is 1. The van der Waals surface area contributed by atoms with Crippen molar-refractivity contribution in [1.82, 2.24) is 0 Å². The molecule has 3 nitrogen and oxygen atoms in total. The SMILES string of the molecule is COC(=O)[C@@H]1CCCN1c1cccc(C)c1. The van der Waals surface area contributed by atoms with Crippen LogP contribution in [0.2, 0.25) is 0 Å². The van der Waals surface area contributed by atoms with Gasteiger partial charge in [0.1, 0.15) is 6.04 Å². The van der Waals surface area contributed by atoms with Gasteiger partial charge in [0.05, 0.1) is 7.11 Å². The van der Waals surface area contributed by atoms with Crippen LogP contribution < -0.4 is 4.90 Å². The summed E-state index contributed by atoms with van der Waals surface area (Å²) in [5, 5.41) is 0. The van der Waals surface area contributed by atoms with E-state index in [0.29, 0.717) is 0 Å². The maximum absolute atomic E-state index is 11.6. The van der Waals surface area contributed by atoms with Crippen molar-refractivity contribution in [3.8, 4) is 0 Å². The Kier molecular flexibility index (Phi) is 3.13. The zero-order valence-electron chi connectivity index (χ0n) is 9.77. The van der Waals surface area contributed by atoms with Gasteiger partial charge < -0.3 is 9.64 Å². The quantitative estimate of drug-likeness (QED) is 0.714. The first-order valence-corrected chi connectivity index (χ1v) is 5.63. The van der Waals surface area contributed by atoms with Crippen LogP contribution in [0.3, 0.4) is 0 Å². The van der Waals surface area contributed by atoms with E-state index in [1.807, 2.05) is 12.1 Å². The van der Waals surface area contributed by atoms with Gasteiger partial charge in [-0.05, 0) is 37.5 Å². The molecule has 0 N–H and O–H groups in total. The topological polar surface area (TPSA) is 29.5 Å². The summed E-state index contributed by atoms with van der Waals surface area (Å²) in [7, 11) is 1.45. The molecular formula is C13H17NO2. The number of anilines is 1. The summed E-state index contributed by atoms with van der Waals surface area (Å²) in [5.74, 6) is -0.126. The minimum atomic E-state index is -0.126. The van der Waals surface area contributed by atoms with Crippen LogP contribution in [0.25, 0.3) is 0 Å². The van der Waals surface area contributed by atoms with E-state index in [1.54, 1.807) is 0 Å². The molecule has 0 radical (unpaired) electrons. The molecule has 86 valence electrons. The van der Waals surface area contributed by atoms with Crippen LogP contribution in [0, 0.1) is 6.92 Å². The number of hydrogen-bond acceptors (Lipinski definition) is 3. The minimum absolute atomic E-state index is 0.105. The molecule has 1 atom stereocenters. The molecule has 1 saturated heterocycles. The largest absolute Gasteiger partial charge is 0.467 e. The van der Waals surface area contributed by atoms with Crippen molar-refractivity contribution in [2.45, 2.75) is 25.8 Å². The molecule has 1 aromatic carbocycles. The van der Waals surface area contributed by atoms with Gasteiger partial charge in [0.25, 0.3) is 0 Å². The first kappa shape index (κ1) is 11.0. The molecule has 3 heteroatoms. The zero-order valence-corrected chi connectivity index (χ0v) is 9.77. The summed E-state index contributed by atoms with van der Waals surface area (Å²) in [6.07, 6.45) is 1.94. The predicted octanol–water partition coefficient (Wildman–Crippen LogP) is 2.14. The van der Waals surface area contributed by atoms with E-state index in [1.165, 1.54) is 12.7 Å². The number of benzene rings is 1. The van der Waals surface area contributed by atoms with Gasteiger partial charge in [-0.25, -0.2) is 4.79 Å². The highest BCUT2D eigenvalue weighted by Gasteiger charge is 2.31. The molecule has 0 spiro atoms. The Hall–Kier alpha value is -1.51. The highest BCUT2D eigenvalue weighted by atomic mass is 16.5. The van der Waals surface area contributed by atoms with Gasteiger partial charge >= 0.3 is 5.97 Å². The highest BCUT2D eigenvalue weighted by Crippen LogP contribution is 2.26. The summed E-state index contributed by atoms with van der Waals surface area (Å²) < 4.78 is 4.84. The Bertz CT molecular complexity index is 389.